The summed E-state index contributed by atoms with van der Waals surface area (Å²) in [4.78, 5) is 19.5. The third-order valence-corrected chi connectivity index (χ3v) is 6.11. The number of pyridine rings is 1. The molecule has 3 aromatic rings. The van der Waals surface area contributed by atoms with Gasteiger partial charge in [-0.15, -0.1) is 0 Å². The first-order chi connectivity index (χ1) is 14.1. The van der Waals surface area contributed by atoms with Crippen molar-refractivity contribution in [3.8, 4) is 0 Å². The number of morpholine rings is 1. The van der Waals surface area contributed by atoms with Gasteiger partial charge in [0, 0.05) is 43.4 Å². The maximum atomic E-state index is 12.8. The van der Waals surface area contributed by atoms with Gasteiger partial charge >= 0.3 is 0 Å². The lowest BCUT2D eigenvalue weighted by Crippen LogP contribution is -2.43. The molecule has 1 amide bonds. The predicted molar refractivity (Wildman–Crippen MR) is 110 cm³/mol. The number of nitrogens with one attached hydrogen (secondary N) is 1. The number of fused-ring (bicyclic) bond motifs is 2. The minimum absolute atomic E-state index is 0.0365. The van der Waals surface area contributed by atoms with Crippen molar-refractivity contribution in [3.63, 3.8) is 0 Å². The fourth-order valence-electron chi connectivity index (χ4n) is 4.28. The molecule has 0 bridgehead atoms. The van der Waals surface area contributed by atoms with Crippen LogP contribution in [0.25, 0.3) is 11.0 Å². The SMILES string of the molecule is Cn1ncc2ncc(C(=O)N[C@H]3C[C@H]4CO[C@@H](c5ccc(Cl)cc5)CN4C3)cc21. The largest absolute Gasteiger partial charge is 0.371 e. The van der Waals surface area contributed by atoms with E-state index in [1.165, 1.54) is 0 Å². The zero-order valence-electron chi connectivity index (χ0n) is 16.1. The molecule has 2 aromatic heterocycles. The molecule has 5 rings (SSSR count). The van der Waals surface area contributed by atoms with E-state index in [1.54, 1.807) is 17.1 Å². The van der Waals surface area contributed by atoms with Crippen molar-refractivity contribution >= 4 is 28.5 Å². The summed E-state index contributed by atoms with van der Waals surface area (Å²) in [5.74, 6) is -0.0967. The molecule has 2 aliphatic heterocycles. The molecular formula is C21H22ClN5O2. The number of hydrogen-bond donors (Lipinski definition) is 1. The lowest BCUT2D eigenvalue weighted by molar-refractivity contribution is -0.0502. The van der Waals surface area contributed by atoms with Crippen LogP contribution in [0, 0.1) is 0 Å². The van der Waals surface area contributed by atoms with Gasteiger partial charge in [0.05, 0.1) is 30.0 Å². The van der Waals surface area contributed by atoms with E-state index >= 15 is 0 Å². The molecule has 2 saturated heterocycles. The zero-order chi connectivity index (χ0) is 20.0. The predicted octanol–water partition coefficient (Wildman–Crippen LogP) is 2.57. The second-order valence-electron chi connectivity index (χ2n) is 7.78. The van der Waals surface area contributed by atoms with E-state index in [4.69, 9.17) is 16.3 Å². The van der Waals surface area contributed by atoms with Crippen molar-refractivity contribution in [2.24, 2.45) is 7.05 Å². The van der Waals surface area contributed by atoms with E-state index < -0.39 is 0 Å². The second kappa shape index (κ2) is 7.40. The van der Waals surface area contributed by atoms with Gasteiger partial charge in [-0.25, -0.2) is 0 Å². The fraction of sp³-hybridized carbons (Fsp3) is 0.381. The van der Waals surface area contributed by atoms with Gasteiger partial charge in [0.15, 0.2) is 0 Å². The topological polar surface area (TPSA) is 72.3 Å². The van der Waals surface area contributed by atoms with Crippen LogP contribution in [0.1, 0.15) is 28.4 Å². The number of hydrogen-bond acceptors (Lipinski definition) is 5. The van der Waals surface area contributed by atoms with Crippen LogP contribution in [0.15, 0.2) is 42.7 Å². The lowest BCUT2D eigenvalue weighted by Gasteiger charge is -2.35. The third-order valence-electron chi connectivity index (χ3n) is 5.86. The first kappa shape index (κ1) is 18.5. The Morgan fingerprint density at radius 3 is 2.90 bits per heavy atom. The summed E-state index contributed by atoms with van der Waals surface area (Å²) in [6, 6.07) is 10.1. The van der Waals surface area contributed by atoms with Gasteiger partial charge in [0.2, 0.25) is 0 Å². The van der Waals surface area contributed by atoms with E-state index in [0.29, 0.717) is 18.2 Å². The highest BCUT2D eigenvalue weighted by atomic mass is 35.5. The zero-order valence-corrected chi connectivity index (χ0v) is 16.8. The maximum absolute atomic E-state index is 12.8. The number of amides is 1. The van der Waals surface area contributed by atoms with Crippen molar-refractivity contribution in [3.05, 3.63) is 58.9 Å². The van der Waals surface area contributed by atoms with Crippen LogP contribution in [0.2, 0.25) is 5.02 Å². The Morgan fingerprint density at radius 1 is 1.24 bits per heavy atom. The minimum atomic E-state index is -0.0967. The molecule has 150 valence electrons. The molecule has 2 aliphatic rings. The Kier molecular flexibility index (Phi) is 4.73. The average Bonchev–Trinajstić information content (AvgIpc) is 3.30. The Morgan fingerprint density at radius 2 is 2.07 bits per heavy atom. The van der Waals surface area contributed by atoms with Crippen LogP contribution in [0.4, 0.5) is 0 Å². The Bertz CT molecular complexity index is 1050. The summed E-state index contributed by atoms with van der Waals surface area (Å²) < 4.78 is 7.82. The van der Waals surface area contributed by atoms with Crippen molar-refractivity contribution in [1.82, 2.24) is 25.0 Å². The van der Waals surface area contributed by atoms with Crippen LogP contribution in [0.5, 0.6) is 0 Å². The smallest absolute Gasteiger partial charge is 0.253 e. The number of carbonyl (C=O) groups excluding carboxylic acids is 1. The third kappa shape index (κ3) is 3.61. The number of halogens is 1. The highest BCUT2D eigenvalue weighted by molar-refractivity contribution is 6.30. The van der Waals surface area contributed by atoms with E-state index in [-0.39, 0.29) is 18.1 Å². The molecule has 4 heterocycles. The summed E-state index contributed by atoms with van der Waals surface area (Å²) in [6.45, 7) is 2.31. The van der Waals surface area contributed by atoms with Gasteiger partial charge in [-0.05, 0) is 30.2 Å². The highest BCUT2D eigenvalue weighted by Gasteiger charge is 2.38. The summed E-state index contributed by atoms with van der Waals surface area (Å²) in [5.41, 5.74) is 3.32. The van der Waals surface area contributed by atoms with Gasteiger partial charge in [-0.2, -0.15) is 5.10 Å². The first-order valence-electron chi connectivity index (χ1n) is 9.76. The molecule has 7 nitrogen and oxygen atoms in total. The summed E-state index contributed by atoms with van der Waals surface area (Å²) >= 11 is 5.99. The molecule has 0 unspecified atom stereocenters. The molecule has 2 fully saturated rings. The second-order valence-corrected chi connectivity index (χ2v) is 8.22. The van der Waals surface area contributed by atoms with Crippen LogP contribution in [-0.4, -0.2) is 57.4 Å². The monoisotopic (exact) mass is 411 g/mol. The fourth-order valence-corrected chi connectivity index (χ4v) is 4.40. The quantitative estimate of drug-likeness (QED) is 0.717. The molecular weight excluding hydrogens is 390 g/mol. The highest BCUT2D eigenvalue weighted by Crippen LogP contribution is 2.31. The maximum Gasteiger partial charge on any atom is 0.253 e. The molecule has 29 heavy (non-hydrogen) atoms. The molecule has 0 saturated carbocycles. The minimum Gasteiger partial charge on any atom is -0.371 e. The van der Waals surface area contributed by atoms with Gasteiger partial charge in [0.25, 0.3) is 5.91 Å². The Labute approximate surface area is 173 Å². The number of benzene rings is 1. The van der Waals surface area contributed by atoms with Crippen molar-refractivity contribution < 1.29 is 9.53 Å². The number of rotatable bonds is 3. The van der Waals surface area contributed by atoms with Crippen molar-refractivity contribution in [2.75, 3.05) is 19.7 Å². The molecule has 0 aliphatic carbocycles. The molecule has 8 heteroatoms. The number of aryl methyl sites for hydroxylation is 1. The van der Waals surface area contributed by atoms with Crippen molar-refractivity contribution in [1.29, 1.82) is 0 Å². The van der Waals surface area contributed by atoms with Gasteiger partial charge in [-0.1, -0.05) is 23.7 Å². The number of carbonyl (C=O) groups is 1. The summed E-state index contributed by atoms with van der Waals surface area (Å²) in [7, 11) is 1.84. The van der Waals surface area contributed by atoms with Crippen LogP contribution in [0.3, 0.4) is 0 Å². The van der Waals surface area contributed by atoms with Gasteiger partial charge in [0.1, 0.15) is 5.52 Å². The summed E-state index contributed by atoms with van der Waals surface area (Å²) in [5, 5.41) is 8.07. The van der Waals surface area contributed by atoms with Gasteiger partial charge in [-0.3, -0.25) is 19.4 Å². The molecule has 3 atom stereocenters. The Balaban J connectivity index is 1.24. The average molecular weight is 412 g/mol. The lowest BCUT2D eigenvalue weighted by atomic mass is 10.1. The normalized spacial score (nSPS) is 24.6. The van der Waals surface area contributed by atoms with Crippen LogP contribution >= 0.6 is 11.6 Å². The van der Waals surface area contributed by atoms with Crippen LogP contribution < -0.4 is 5.32 Å². The van der Waals surface area contributed by atoms with Gasteiger partial charge < -0.3 is 10.1 Å². The standard InChI is InChI=1S/C21H22ClN5O2/c1-26-19-6-14(8-23-18(19)9-24-26)21(28)25-16-7-17-12-29-20(11-27(17)10-16)13-2-4-15(22)5-3-13/h2-6,8-9,16-17,20H,7,10-12H2,1H3,(H,25,28)/t16-,17-,20+/m0/s1. The van der Waals surface area contributed by atoms with Crippen molar-refractivity contribution in [2.45, 2.75) is 24.6 Å². The number of ether oxygens (including phenoxy) is 1. The molecule has 0 radical (unpaired) electrons. The molecule has 1 aromatic carbocycles. The van der Waals surface area contributed by atoms with E-state index in [2.05, 4.69) is 20.3 Å². The molecule has 0 spiro atoms. The first-order valence-corrected chi connectivity index (χ1v) is 10.1. The number of aromatic nitrogens is 3. The van der Waals surface area contributed by atoms with E-state index in [1.807, 2.05) is 37.4 Å². The summed E-state index contributed by atoms with van der Waals surface area (Å²) in [6.07, 6.45) is 4.24. The number of nitrogens with zero attached hydrogens (tertiary/aromatic N) is 4. The molecule has 1 N–H and O–H groups in total. The van der Waals surface area contributed by atoms with E-state index in [0.717, 1.165) is 41.1 Å². The Hall–Kier alpha value is -2.48. The van der Waals surface area contributed by atoms with Crippen LogP contribution in [-0.2, 0) is 11.8 Å². The van der Waals surface area contributed by atoms with E-state index in [9.17, 15) is 4.79 Å².